The first-order valence-corrected chi connectivity index (χ1v) is 8.22. The van der Waals surface area contributed by atoms with Crippen molar-refractivity contribution >= 4 is 17.4 Å². The van der Waals surface area contributed by atoms with Crippen molar-refractivity contribution in [2.24, 2.45) is 5.92 Å². The minimum absolute atomic E-state index is 0.184. The molecule has 0 radical (unpaired) electrons. The zero-order valence-electron chi connectivity index (χ0n) is 12.8. The number of aromatic nitrogens is 2. The number of nitrogens with zero attached hydrogens (tertiary/aromatic N) is 2. The number of thiophene rings is 1. The lowest BCUT2D eigenvalue weighted by molar-refractivity contribution is 0.173. The van der Waals surface area contributed by atoms with Crippen LogP contribution < -0.4 is 10.6 Å². The highest BCUT2D eigenvalue weighted by Gasteiger charge is 2.10. The van der Waals surface area contributed by atoms with Gasteiger partial charge in [0.1, 0.15) is 5.82 Å². The Morgan fingerprint density at radius 3 is 2.95 bits per heavy atom. The van der Waals surface area contributed by atoms with Crippen molar-refractivity contribution in [2.45, 2.75) is 33.0 Å². The average molecular weight is 322 g/mol. The molecule has 0 aliphatic rings. The first-order chi connectivity index (χ1) is 10.6. The summed E-state index contributed by atoms with van der Waals surface area (Å²) in [6.07, 6.45) is 2.97. The van der Waals surface area contributed by atoms with Gasteiger partial charge < -0.3 is 20.3 Å². The van der Waals surface area contributed by atoms with Crippen molar-refractivity contribution in [3.63, 3.8) is 0 Å². The molecular formula is C15H22N4O2S. The number of carbonyl (C=O) groups is 1. The van der Waals surface area contributed by atoms with E-state index in [0.29, 0.717) is 12.5 Å². The molecule has 0 bridgehead atoms. The molecule has 1 unspecified atom stereocenters. The summed E-state index contributed by atoms with van der Waals surface area (Å²) in [6, 6.07) is 1.53. The molecule has 120 valence electrons. The molecule has 2 aromatic rings. The van der Waals surface area contributed by atoms with Gasteiger partial charge in [0, 0.05) is 25.5 Å². The van der Waals surface area contributed by atoms with E-state index in [0.717, 1.165) is 17.9 Å². The smallest absolute Gasteiger partial charge is 0.315 e. The summed E-state index contributed by atoms with van der Waals surface area (Å²) < 4.78 is 2.03. The second-order valence-electron chi connectivity index (χ2n) is 5.53. The highest BCUT2D eigenvalue weighted by molar-refractivity contribution is 7.07. The van der Waals surface area contributed by atoms with Gasteiger partial charge >= 0.3 is 6.03 Å². The van der Waals surface area contributed by atoms with Crippen LogP contribution in [-0.4, -0.2) is 27.2 Å². The number of urea groups is 1. The molecule has 0 aliphatic heterocycles. The van der Waals surface area contributed by atoms with Crippen LogP contribution >= 0.6 is 11.3 Å². The van der Waals surface area contributed by atoms with E-state index in [4.69, 9.17) is 0 Å². The number of carbonyl (C=O) groups excluding carboxylic acids is 1. The molecule has 2 amide bonds. The third kappa shape index (κ3) is 4.85. The minimum atomic E-state index is -0.681. The molecule has 2 aromatic heterocycles. The van der Waals surface area contributed by atoms with Crippen molar-refractivity contribution in [1.82, 2.24) is 20.2 Å². The maximum absolute atomic E-state index is 11.8. The van der Waals surface area contributed by atoms with Gasteiger partial charge in [0.15, 0.2) is 0 Å². The van der Waals surface area contributed by atoms with Crippen LogP contribution in [0.4, 0.5) is 4.79 Å². The fraction of sp³-hybridized carbons (Fsp3) is 0.467. The van der Waals surface area contributed by atoms with Crippen LogP contribution in [0.15, 0.2) is 29.2 Å². The van der Waals surface area contributed by atoms with E-state index < -0.39 is 6.10 Å². The van der Waals surface area contributed by atoms with Gasteiger partial charge in [-0.1, -0.05) is 13.8 Å². The van der Waals surface area contributed by atoms with E-state index >= 15 is 0 Å². The Hall–Kier alpha value is -1.86. The van der Waals surface area contributed by atoms with Gasteiger partial charge in [-0.15, -0.1) is 0 Å². The highest BCUT2D eigenvalue weighted by atomic mass is 32.1. The SMILES string of the molecule is CC(C)Cn1ccnc1CNC(=O)NCC(O)c1ccsc1. The minimum Gasteiger partial charge on any atom is -0.387 e. The number of aliphatic hydroxyl groups is 1. The third-order valence-corrected chi connectivity index (χ3v) is 3.86. The van der Waals surface area contributed by atoms with E-state index in [1.807, 2.05) is 27.6 Å². The summed E-state index contributed by atoms with van der Waals surface area (Å²) in [5.74, 6) is 1.34. The summed E-state index contributed by atoms with van der Waals surface area (Å²) in [4.78, 5) is 16.0. The normalized spacial score (nSPS) is 12.4. The molecule has 22 heavy (non-hydrogen) atoms. The first-order valence-electron chi connectivity index (χ1n) is 7.28. The first kappa shape index (κ1) is 16.5. The van der Waals surface area contributed by atoms with E-state index in [9.17, 15) is 9.90 Å². The lowest BCUT2D eigenvalue weighted by atomic mass is 10.2. The molecule has 6 nitrogen and oxygen atoms in total. The lowest BCUT2D eigenvalue weighted by Crippen LogP contribution is -2.37. The number of rotatable bonds is 7. The quantitative estimate of drug-likeness (QED) is 0.730. The van der Waals surface area contributed by atoms with E-state index in [1.165, 1.54) is 11.3 Å². The second kappa shape index (κ2) is 7.95. The molecule has 1 atom stereocenters. The number of hydrogen-bond donors (Lipinski definition) is 3. The molecule has 2 rings (SSSR count). The predicted octanol–water partition coefficient (Wildman–Crippen LogP) is 2.13. The molecule has 2 heterocycles. The molecule has 0 saturated carbocycles. The molecule has 7 heteroatoms. The number of amides is 2. The number of aliphatic hydroxyl groups excluding tert-OH is 1. The van der Waals surface area contributed by atoms with Crippen molar-refractivity contribution in [2.75, 3.05) is 6.54 Å². The zero-order chi connectivity index (χ0) is 15.9. The van der Waals surface area contributed by atoms with Gasteiger partial charge in [0.25, 0.3) is 0 Å². The summed E-state index contributed by atoms with van der Waals surface area (Å²) in [6.45, 7) is 5.68. The summed E-state index contributed by atoms with van der Waals surface area (Å²) in [7, 11) is 0. The topological polar surface area (TPSA) is 79.2 Å². The van der Waals surface area contributed by atoms with Gasteiger partial charge in [-0.05, 0) is 28.3 Å². The van der Waals surface area contributed by atoms with Gasteiger partial charge in [-0.3, -0.25) is 0 Å². The van der Waals surface area contributed by atoms with Crippen molar-refractivity contribution in [1.29, 1.82) is 0 Å². The molecule has 3 N–H and O–H groups in total. The fourth-order valence-corrected chi connectivity index (χ4v) is 2.77. The number of hydrogen-bond acceptors (Lipinski definition) is 4. The van der Waals surface area contributed by atoms with Crippen LogP contribution in [0.2, 0.25) is 0 Å². The summed E-state index contributed by atoms with van der Waals surface area (Å²) in [5.41, 5.74) is 0.817. The summed E-state index contributed by atoms with van der Waals surface area (Å²) in [5, 5.41) is 19.1. The second-order valence-corrected chi connectivity index (χ2v) is 6.31. The number of nitrogens with one attached hydrogen (secondary N) is 2. The Labute approximate surface area is 134 Å². The van der Waals surface area contributed by atoms with Crippen molar-refractivity contribution < 1.29 is 9.90 Å². The molecule has 0 spiro atoms. The van der Waals surface area contributed by atoms with E-state index in [2.05, 4.69) is 29.5 Å². The Morgan fingerprint density at radius 2 is 2.27 bits per heavy atom. The standard InChI is InChI=1S/C15H22N4O2S/c1-11(2)9-19-5-4-16-14(19)8-18-15(21)17-7-13(20)12-3-6-22-10-12/h3-6,10-11,13,20H,7-9H2,1-2H3,(H2,17,18,21). The van der Waals surface area contributed by atoms with Gasteiger partial charge in [-0.2, -0.15) is 11.3 Å². The molecular weight excluding hydrogens is 300 g/mol. The van der Waals surface area contributed by atoms with Crippen LogP contribution in [0.25, 0.3) is 0 Å². The van der Waals surface area contributed by atoms with E-state index in [1.54, 1.807) is 6.20 Å². The molecule has 0 aromatic carbocycles. The maximum Gasteiger partial charge on any atom is 0.315 e. The predicted molar refractivity (Wildman–Crippen MR) is 86.6 cm³/mol. The largest absolute Gasteiger partial charge is 0.387 e. The summed E-state index contributed by atoms with van der Waals surface area (Å²) >= 11 is 1.52. The Balaban J connectivity index is 1.75. The Bertz CT molecular complexity index is 580. The van der Waals surface area contributed by atoms with Crippen LogP contribution in [-0.2, 0) is 13.1 Å². The third-order valence-electron chi connectivity index (χ3n) is 3.15. The zero-order valence-corrected chi connectivity index (χ0v) is 13.6. The lowest BCUT2D eigenvalue weighted by Gasteiger charge is -2.13. The van der Waals surface area contributed by atoms with Crippen molar-refractivity contribution in [3.05, 3.63) is 40.6 Å². The number of imidazole rings is 1. The molecule has 0 saturated heterocycles. The molecule has 0 aliphatic carbocycles. The van der Waals surface area contributed by atoms with Crippen LogP contribution in [0.5, 0.6) is 0 Å². The van der Waals surface area contributed by atoms with Crippen molar-refractivity contribution in [3.8, 4) is 0 Å². The Morgan fingerprint density at radius 1 is 1.45 bits per heavy atom. The van der Waals surface area contributed by atoms with Crippen LogP contribution in [0.3, 0.4) is 0 Å². The Kier molecular flexibility index (Phi) is 5.97. The fourth-order valence-electron chi connectivity index (χ4n) is 2.06. The van der Waals surface area contributed by atoms with Crippen LogP contribution in [0, 0.1) is 5.92 Å². The van der Waals surface area contributed by atoms with Crippen LogP contribution in [0.1, 0.15) is 31.3 Å². The van der Waals surface area contributed by atoms with Gasteiger partial charge in [0.05, 0.1) is 12.6 Å². The molecule has 0 fully saturated rings. The van der Waals surface area contributed by atoms with Gasteiger partial charge in [0.2, 0.25) is 0 Å². The average Bonchev–Trinajstić information content (AvgIpc) is 3.13. The maximum atomic E-state index is 11.8. The van der Waals surface area contributed by atoms with E-state index in [-0.39, 0.29) is 12.6 Å². The van der Waals surface area contributed by atoms with Gasteiger partial charge in [-0.25, -0.2) is 9.78 Å². The highest BCUT2D eigenvalue weighted by Crippen LogP contribution is 2.14. The monoisotopic (exact) mass is 322 g/mol.